The maximum absolute atomic E-state index is 5.73. The Morgan fingerprint density at radius 2 is 2.13 bits per heavy atom. The summed E-state index contributed by atoms with van der Waals surface area (Å²) in [7, 11) is 0. The zero-order valence-electron chi connectivity index (χ0n) is 9.06. The summed E-state index contributed by atoms with van der Waals surface area (Å²) in [4.78, 5) is 8.58. The second-order valence-corrected chi connectivity index (χ2v) is 6.16. The maximum Gasteiger partial charge on any atom is 0.169 e. The van der Waals surface area contributed by atoms with Gasteiger partial charge < -0.3 is 10.1 Å². The molecule has 2 N–H and O–H groups in total. The van der Waals surface area contributed by atoms with Crippen molar-refractivity contribution in [3.8, 4) is 0 Å². The first-order valence-corrected chi connectivity index (χ1v) is 5.55. The average Bonchev–Trinajstić information content (AvgIpc) is 2.48. The van der Waals surface area contributed by atoms with Crippen LogP contribution in [0.15, 0.2) is 23.6 Å². The highest BCUT2D eigenvalue weighted by Crippen LogP contribution is 2.32. The van der Waals surface area contributed by atoms with Crippen molar-refractivity contribution in [2.24, 2.45) is 0 Å². The lowest BCUT2D eigenvalue weighted by atomic mass is 10.3. The molecule has 0 aliphatic rings. The van der Waals surface area contributed by atoms with Crippen molar-refractivity contribution in [1.29, 1.82) is 0 Å². The van der Waals surface area contributed by atoms with Crippen LogP contribution in [0.2, 0.25) is 0 Å². The summed E-state index contributed by atoms with van der Waals surface area (Å²) in [5.74, 6) is 0.521. The third-order valence-corrected chi connectivity index (χ3v) is 2.84. The van der Waals surface area contributed by atoms with Gasteiger partial charge in [-0.25, -0.2) is 9.97 Å². The Morgan fingerprint density at radius 3 is 2.80 bits per heavy atom. The van der Waals surface area contributed by atoms with Crippen LogP contribution in [0.4, 0.5) is 5.82 Å². The van der Waals surface area contributed by atoms with E-state index in [9.17, 15) is 0 Å². The number of fused-ring (bicyclic) bond motifs is 1. The van der Waals surface area contributed by atoms with Crippen LogP contribution in [0.5, 0.6) is 0 Å². The zero-order chi connectivity index (χ0) is 11.1. The molecular formula is C10H14N4S. The number of nitrogen functional groups attached to an aromatic ring is 1. The molecular weight excluding hydrogens is 208 g/mol. The number of nitrogens with two attached hydrogens (primary N) is 1. The first-order valence-electron chi connectivity index (χ1n) is 4.74. The van der Waals surface area contributed by atoms with Crippen molar-refractivity contribution >= 4 is 23.2 Å². The summed E-state index contributed by atoms with van der Waals surface area (Å²) in [5, 5.41) is 0.882. The van der Waals surface area contributed by atoms with Crippen LogP contribution < -0.4 is 5.73 Å². The molecule has 0 aliphatic heterocycles. The second kappa shape index (κ2) is 3.41. The van der Waals surface area contributed by atoms with Gasteiger partial charge in [-0.05, 0) is 0 Å². The summed E-state index contributed by atoms with van der Waals surface area (Å²) < 4.78 is 2.00. The van der Waals surface area contributed by atoms with Crippen LogP contribution in [0.3, 0.4) is 0 Å². The van der Waals surface area contributed by atoms with E-state index in [1.165, 1.54) is 0 Å². The van der Waals surface area contributed by atoms with E-state index in [1.807, 2.05) is 10.6 Å². The Bertz CT molecular complexity index is 484. The number of hydrogen-bond donors (Lipinski definition) is 1. The van der Waals surface area contributed by atoms with Gasteiger partial charge in [-0.2, -0.15) is 0 Å². The lowest BCUT2D eigenvalue weighted by molar-refractivity contribution is 0.799. The molecule has 2 heterocycles. The highest BCUT2D eigenvalue weighted by molar-refractivity contribution is 8.00. The van der Waals surface area contributed by atoms with Gasteiger partial charge in [-0.3, -0.25) is 0 Å². The minimum atomic E-state index is 0.104. The quantitative estimate of drug-likeness (QED) is 0.751. The Kier molecular flexibility index (Phi) is 2.34. The molecule has 0 saturated carbocycles. The van der Waals surface area contributed by atoms with E-state index in [1.54, 1.807) is 24.2 Å². The molecule has 0 aliphatic carbocycles. The fourth-order valence-corrected chi connectivity index (χ4v) is 2.26. The topological polar surface area (TPSA) is 56.2 Å². The predicted octanol–water partition coefficient (Wildman–Crippen LogP) is 2.20. The summed E-state index contributed by atoms with van der Waals surface area (Å²) in [6.45, 7) is 6.42. The molecule has 2 aromatic heterocycles. The fraction of sp³-hybridized carbons (Fsp3) is 0.400. The summed E-state index contributed by atoms with van der Waals surface area (Å²) >= 11 is 1.67. The van der Waals surface area contributed by atoms with Crippen molar-refractivity contribution < 1.29 is 0 Å². The largest absolute Gasteiger partial charge is 0.382 e. The van der Waals surface area contributed by atoms with E-state index in [-0.39, 0.29) is 4.75 Å². The SMILES string of the molecule is CC(C)(C)Sc1nc(N)cn2ccnc12. The fourth-order valence-electron chi connectivity index (χ4n) is 1.28. The van der Waals surface area contributed by atoms with E-state index >= 15 is 0 Å². The van der Waals surface area contributed by atoms with Crippen LogP contribution in [-0.2, 0) is 0 Å². The molecule has 4 nitrogen and oxygen atoms in total. The van der Waals surface area contributed by atoms with Gasteiger partial charge >= 0.3 is 0 Å². The molecule has 0 saturated heterocycles. The molecule has 0 unspecified atom stereocenters. The van der Waals surface area contributed by atoms with E-state index in [4.69, 9.17) is 5.73 Å². The minimum Gasteiger partial charge on any atom is -0.382 e. The number of anilines is 1. The van der Waals surface area contributed by atoms with Crippen molar-refractivity contribution in [1.82, 2.24) is 14.4 Å². The number of hydrogen-bond acceptors (Lipinski definition) is 4. The smallest absolute Gasteiger partial charge is 0.169 e. The van der Waals surface area contributed by atoms with Crippen LogP contribution in [0, 0.1) is 0 Å². The maximum atomic E-state index is 5.73. The summed E-state index contributed by atoms with van der Waals surface area (Å²) in [6.07, 6.45) is 5.40. The number of nitrogens with zero attached hydrogens (tertiary/aromatic N) is 3. The second-order valence-electron chi connectivity index (χ2n) is 4.34. The van der Waals surface area contributed by atoms with Crippen LogP contribution in [-0.4, -0.2) is 19.1 Å². The van der Waals surface area contributed by atoms with Crippen LogP contribution in [0.25, 0.3) is 5.65 Å². The molecule has 0 aromatic carbocycles. The van der Waals surface area contributed by atoms with E-state index in [0.717, 1.165) is 10.7 Å². The van der Waals surface area contributed by atoms with Gasteiger partial charge in [-0.1, -0.05) is 32.5 Å². The molecule has 80 valence electrons. The normalized spacial score (nSPS) is 12.2. The Labute approximate surface area is 92.9 Å². The number of aromatic nitrogens is 3. The number of rotatable bonds is 1. The van der Waals surface area contributed by atoms with E-state index < -0.39 is 0 Å². The molecule has 2 aromatic rings. The van der Waals surface area contributed by atoms with Crippen LogP contribution in [0.1, 0.15) is 20.8 Å². The van der Waals surface area contributed by atoms with E-state index in [2.05, 4.69) is 30.7 Å². The van der Waals surface area contributed by atoms with Gasteiger partial charge in [0.15, 0.2) is 5.65 Å². The molecule has 15 heavy (non-hydrogen) atoms. The number of imidazole rings is 1. The highest BCUT2D eigenvalue weighted by Gasteiger charge is 2.16. The molecule has 0 radical (unpaired) electrons. The average molecular weight is 222 g/mol. The summed E-state index contributed by atoms with van der Waals surface area (Å²) in [5.41, 5.74) is 6.59. The van der Waals surface area contributed by atoms with Gasteiger partial charge in [0.25, 0.3) is 0 Å². The Balaban J connectivity index is 2.53. The Hall–Kier alpha value is -1.23. The van der Waals surface area contributed by atoms with Gasteiger partial charge in [0, 0.05) is 17.1 Å². The predicted molar refractivity (Wildman–Crippen MR) is 63.0 cm³/mol. The van der Waals surface area contributed by atoms with Gasteiger partial charge in [-0.15, -0.1) is 0 Å². The first-order chi connectivity index (χ1) is 6.96. The van der Waals surface area contributed by atoms with Gasteiger partial charge in [0.05, 0.1) is 6.20 Å². The Morgan fingerprint density at radius 1 is 1.40 bits per heavy atom. The zero-order valence-corrected chi connectivity index (χ0v) is 9.88. The van der Waals surface area contributed by atoms with Crippen molar-refractivity contribution in [2.45, 2.75) is 30.5 Å². The van der Waals surface area contributed by atoms with Crippen molar-refractivity contribution in [3.05, 3.63) is 18.6 Å². The lowest BCUT2D eigenvalue weighted by Crippen LogP contribution is -2.09. The minimum absolute atomic E-state index is 0.104. The van der Waals surface area contributed by atoms with Crippen molar-refractivity contribution in [2.75, 3.05) is 5.73 Å². The third-order valence-electron chi connectivity index (χ3n) is 1.76. The molecule has 0 bridgehead atoms. The lowest BCUT2D eigenvalue weighted by Gasteiger charge is -2.17. The molecule has 0 spiro atoms. The third kappa shape index (κ3) is 2.23. The number of thioether (sulfide) groups is 1. The molecule has 2 rings (SSSR count). The molecule has 0 fully saturated rings. The standard InChI is InChI=1S/C10H14N4S/c1-10(2,3)15-9-8-12-4-5-14(8)6-7(11)13-9/h4-6H,11H2,1-3H3. The van der Waals surface area contributed by atoms with Gasteiger partial charge in [0.2, 0.25) is 0 Å². The molecule has 5 heteroatoms. The van der Waals surface area contributed by atoms with E-state index in [0.29, 0.717) is 5.82 Å². The van der Waals surface area contributed by atoms with Crippen LogP contribution >= 0.6 is 11.8 Å². The molecule has 0 amide bonds. The van der Waals surface area contributed by atoms with Crippen molar-refractivity contribution in [3.63, 3.8) is 0 Å². The summed E-state index contributed by atoms with van der Waals surface area (Å²) in [6, 6.07) is 0. The first kappa shape index (κ1) is 10.3. The monoisotopic (exact) mass is 222 g/mol. The molecule has 0 atom stereocenters. The van der Waals surface area contributed by atoms with Gasteiger partial charge in [0.1, 0.15) is 10.8 Å². The highest BCUT2D eigenvalue weighted by atomic mass is 32.2.